The first-order valence-electron chi connectivity index (χ1n) is 2.67. The molecule has 1 saturated heterocycles. The molecule has 0 amide bonds. The molecule has 0 aliphatic carbocycles. The highest BCUT2D eigenvalue weighted by Gasteiger charge is 2.09. The van der Waals surface area contributed by atoms with Crippen molar-refractivity contribution in [3.05, 3.63) is 0 Å². The molecule has 0 unspecified atom stereocenters. The van der Waals surface area contributed by atoms with E-state index in [1.165, 1.54) is 0 Å². The Morgan fingerprint density at radius 2 is 2.62 bits per heavy atom. The van der Waals surface area contributed by atoms with E-state index in [1.54, 1.807) is 0 Å². The summed E-state index contributed by atoms with van der Waals surface area (Å²) in [7, 11) is 0. The Bertz CT molecular complexity index is 78.5. The zero-order chi connectivity index (χ0) is 5.82. The molecular weight excluding hydrogens is 106 g/mol. The van der Waals surface area contributed by atoms with Crippen molar-refractivity contribution in [2.24, 2.45) is 0 Å². The summed E-state index contributed by atoms with van der Waals surface area (Å²) in [5.74, 6) is 0. The van der Waals surface area contributed by atoms with Crippen LogP contribution in [-0.2, 0) is 9.53 Å². The number of aldehydes is 1. The molecule has 0 aromatic heterocycles. The van der Waals surface area contributed by atoms with E-state index in [4.69, 9.17) is 4.74 Å². The molecule has 1 fully saturated rings. The van der Waals surface area contributed by atoms with E-state index in [9.17, 15) is 4.79 Å². The third-order valence-electron chi connectivity index (χ3n) is 1.16. The molecule has 0 atom stereocenters. The van der Waals surface area contributed by atoms with E-state index >= 15 is 0 Å². The third kappa shape index (κ3) is 1.28. The molecule has 3 nitrogen and oxygen atoms in total. The van der Waals surface area contributed by atoms with Gasteiger partial charge < -0.3 is 9.53 Å². The van der Waals surface area contributed by atoms with E-state index in [-0.39, 0.29) is 0 Å². The summed E-state index contributed by atoms with van der Waals surface area (Å²) in [6, 6.07) is 0. The summed E-state index contributed by atoms with van der Waals surface area (Å²) < 4.78 is 4.98. The zero-order valence-electron chi connectivity index (χ0n) is 4.67. The highest BCUT2D eigenvalue weighted by Crippen LogP contribution is 1.94. The normalized spacial score (nSPS) is 21.5. The van der Waals surface area contributed by atoms with Crippen LogP contribution in [0.25, 0.3) is 0 Å². The number of ether oxygens (including phenoxy) is 1. The predicted molar refractivity (Wildman–Crippen MR) is 28.5 cm³/mol. The van der Waals surface area contributed by atoms with Crippen molar-refractivity contribution in [1.29, 1.82) is 0 Å². The van der Waals surface area contributed by atoms with Crippen molar-refractivity contribution in [2.75, 3.05) is 26.4 Å². The van der Waals surface area contributed by atoms with Gasteiger partial charge in [0.2, 0.25) is 0 Å². The molecule has 1 heterocycles. The second-order valence-corrected chi connectivity index (χ2v) is 1.78. The van der Waals surface area contributed by atoms with Crippen molar-refractivity contribution in [3.8, 4) is 0 Å². The van der Waals surface area contributed by atoms with Gasteiger partial charge in [-0.15, -0.1) is 0 Å². The van der Waals surface area contributed by atoms with E-state index in [0.717, 1.165) is 19.4 Å². The Morgan fingerprint density at radius 3 is 3.12 bits per heavy atom. The van der Waals surface area contributed by atoms with Crippen molar-refractivity contribution < 1.29 is 9.53 Å². The highest BCUT2D eigenvalue weighted by molar-refractivity contribution is 5.51. The number of carbonyl (C=O) groups is 1. The predicted octanol–water partition coefficient (Wildman–Crippen LogP) is -0.525. The first kappa shape index (κ1) is 5.72. The maximum absolute atomic E-state index is 9.86. The van der Waals surface area contributed by atoms with Crippen LogP contribution in [0.3, 0.4) is 0 Å². The number of carbonyl (C=O) groups excluding carboxylic acids is 1. The van der Waals surface area contributed by atoms with Crippen LogP contribution in [0.5, 0.6) is 0 Å². The minimum absolute atomic E-state index is 0.514. The lowest BCUT2D eigenvalue weighted by atomic mass is 10.6. The molecule has 0 saturated carbocycles. The van der Waals surface area contributed by atoms with Gasteiger partial charge in [-0.25, -0.2) is 0 Å². The second kappa shape index (κ2) is 2.79. The van der Waals surface area contributed by atoms with Gasteiger partial charge in [0, 0.05) is 6.54 Å². The van der Waals surface area contributed by atoms with Crippen molar-refractivity contribution in [3.63, 3.8) is 0 Å². The van der Waals surface area contributed by atoms with E-state index in [1.807, 2.05) is 4.90 Å². The minimum Gasteiger partial charge on any atom is -0.365 e. The van der Waals surface area contributed by atoms with Crippen molar-refractivity contribution >= 4 is 6.29 Å². The summed E-state index contributed by atoms with van der Waals surface area (Å²) in [6.45, 7) is 2.81. The first-order valence-corrected chi connectivity index (χ1v) is 2.67. The molecule has 0 aromatic rings. The van der Waals surface area contributed by atoms with Crippen molar-refractivity contribution in [1.82, 2.24) is 4.90 Å². The van der Waals surface area contributed by atoms with Crippen LogP contribution in [0.1, 0.15) is 0 Å². The zero-order valence-corrected chi connectivity index (χ0v) is 4.67. The average Bonchev–Trinajstić information content (AvgIpc) is 2.19. The number of nitrogens with zero attached hydrogens (tertiary/aromatic N) is 1. The molecule has 1 aliphatic heterocycles. The SMILES string of the molecule is O=CCN1CCOC1. The standard InChI is InChI=1S/C5H9NO2/c7-3-1-6-2-4-8-5-6/h3H,1-2,4-5H2. The fraction of sp³-hybridized carbons (Fsp3) is 0.800. The van der Waals surface area contributed by atoms with Crippen LogP contribution in [0.15, 0.2) is 0 Å². The largest absolute Gasteiger partial charge is 0.365 e. The lowest BCUT2D eigenvalue weighted by molar-refractivity contribution is -0.109. The summed E-state index contributed by atoms with van der Waals surface area (Å²) >= 11 is 0. The van der Waals surface area contributed by atoms with E-state index in [2.05, 4.69) is 0 Å². The van der Waals surface area contributed by atoms with Gasteiger partial charge in [-0.3, -0.25) is 4.90 Å². The summed E-state index contributed by atoms with van der Waals surface area (Å²) in [4.78, 5) is 11.8. The van der Waals surface area contributed by atoms with Gasteiger partial charge in [0.25, 0.3) is 0 Å². The monoisotopic (exact) mass is 115 g/mol. The average molecular weight is 115 g/mol. The van der Waals surface area contributed by atoms with Crippen LogP contribution in [0, 0.1) is 0 Å². The van der Waals surface area contributed by atoms with E-state index in [0.29, 0.717) is 13.3 Å². The lowest BCUT2D eigenvalue weighted by Gasteiger charge is -2.05. The smallest absolute Gasteiger partial charge is 0.134 e. The summed E-state index contributed by atoms with van der Waals surface area (Å²) in [5.41, 5.74) is 0. The number of hydrogen-bond acceptors (Lipinski definition) is 3. The van der Waals surface area contributed by atoms with Crippen LogP contribution < -0.4 is 0 Å². The lowest BCUT2D eigenvalue weighted by Crippen LogP contribution is -2.21. The molecule has 0 aromatic carbocycles. The maximum atomic E-state index is 9.86. The van der Waals surface area contributed by atoms with Crippen LogP contribution in [0.2, 0.25) is 0 Å². The van der Waals surface area contributed by atoms with Gasteiger partial charge in [-0.2, -0.15) is 0 Å². The van der Waals surface area contributed by atoms with Gasteiger partial charge in [0.05, 0.1) is 19.9 Å². The highest BCUT2D eigenvalue weighted by atomic mass is 16.5. The quantitative estimate of drug-likeness (QED) is 0.453. The third-order valence-corrected chi connectivity index (χ3v) is 1.16. The number of hydrogen-bond donors (Lipinski definition) is 0. The van der Waals surface area contributed by atoms with Crippen molar-refractivity contribution in [2.45, 2.75) is 0 Å². The van der Waals surface area contributed by atoms with Gasteiger partial charge >= 0.3 is 0 Å². The summed E-state index contributed by atoms with van der Waals surface area (Å²) in [5, 5.41) is 0. The Labute approximate surface area is 48.2 Å². The summed E-state index contributed by atoms with van der Waals surface area (Å²) in [6.07, 6.45) is 0.898. The molecule has 1 aliphatic rings. The number of rotatable bonds is 2. The van der Waals surface area contributed by atoms with Gasteiger partial charge in [0.1, 0.15) is 6.29 Å². The van der Waals surface area contributed by atoms with Crippen LogP contribution in [0.4, 0.5) is 0 Å². The molecule has 0 spiro atoms. The molecular formula is C5H9NO2. The minimum atomic E-state index is 0.514. The second-order valence-electron chi connectivity index (χ2n) is 1.78. The molecule has 1 rings (SSSR count). The molecule has 8 heavy (non-hydrogen) atoms. The van der Waals surface area contributed by atoms with Gasteiger partial charge in [0.15, 0.2) is 0 Å². The first-order chi connectivity index (χ1) is 3.93. The van der Waals surface area contributed by atoms with Crippen LogP contribution in [-0.4, -0.2) is 37.6 Å². The fourth-order valence-electron chi connectivity index (χ4n) is 0.701. The molecule has 3 heteroatoms. The van der Waals surface area contributed by atoms with Crippen LogP contribution >= 0.6 is 0 Å². The molecule has 0 radical (unpaired) electrons. The van der Waals surface area contributed by atoms with Gasteiger partial charge in [-0.05, 0) is 0 Å². The van der Waals surface area contributed by atoms with E-state index < -0.39 is 0 Å². The molecule has 0 N–H and O–H groups in total. The molecule has 0 bridgehead atoms. The van der Waals surface area contributed by atoms with Gasteiger partial charge in [-0.1, -0.05) is 0 Å². The Balaban J connectivity index is 2.14. The fourth-order valence-corrected chi connectivity index (χ4v) is 0.701. The molecule has 46 valence electrons. The Morgan fingerprint density at radius 1 is 1.75 bits per heavy atom. The maximum Gasteiger partial charge on any atom is 0.134 e. The topological polar surface area (TPSA) is 29.5 Å². The Hall–Kier alpha value is -0.410. The Kier molecular flexibility index (Phi) is 2.00.